The van der Waals surface area contributed by atoms with Crippen molar-refractivity contribution >= 4 is 29.9 Å². The number of halogens is 1. The topological polar surface area (TPSA) is 87.4 Å². The number of aryl methyl sites for hydroxylation is 1. The van der Waals surface area contributed by atoms with Crippen LogP contribution in [-0.4, -0.2) is 44.0 Å². The molecule has 1 heterocycles. The van der Waals surface area contributed by atoms with E-state index in [1.807, 2.05) is 18.5 Å². The summed E-state index contributed by atoms with van der Waals surface area (Å²) in [5.74, 6) is 2.49. The lowest BCUT2D eigenvalue weighted by Crippen LogP contribution is -2.49. The largest absolute Gasteiger partial charge is 0.388 e. The van der Waals surface area contributed by atoms with Crippen LogP contribution in [0.5, 0.6) is 0 Å². The number of rotatable bonds is 9. The molecule has 1 saturated carbocycles. The first kappa shape index (κ1) is 24.1. The number of aromatic nitrogens is 3. The van der Waals surface area contributed by atoms with Gasteiger partial charge in [0.25, 0.3) is 0 Å². The van der Waals surface area contributed by atoms with E-state index in [0.717, 1.165) is 43.3 Å². The third-order valence-corrected chi connectivity index (χ3v) is 5.27. The molecule has 0 atom stereocenters. The van der Waals surface area contributed by atoms with Gasteiger partial charge in [0.05, 0.1) is 5.60 Å². The Morgan fingerprint density at radius 2 is 1.85 bits per heavy atom. The SMILES string of the molecule is CCCC(O)(CCC)CNC(=NCc1nnc(C)n1C)NC1CCCC1.I. The van der Waals surface area contributed by atoms with Crippen molar-refractivity contribution in [3.8, 4) is 0 Å². The van der Waals surface area contributed by atoms with Crippen LogP contribution in [0.2, 0.25) is 0 Å². The molecule has 0 saturated heterocycles. The summed E-state index contributed by atoms with van der Waals surface area (Å²) in [5, 5.41) is 26.1. The summed E-state index contributed by atoms with van der Waals surface area (Å²) in [6, 6.07) is 0.466. The lowest BCUT2D eigenvalue weighted by atomic mass is 9.93. The Hall–Kier alpha value is -0.900. The highest BCUT2D eigenvalue weighted by Gasteiger charge is 2.25. The molecule has 1 aliphatic rings. The average molecular weight is 492 g/mol. The van der Waals surface area contributed by atoms with Gasteiger partial charge < -0.3 is 20.3 Å². The van der Waals surface area contributed by atoms with Gasteiger partial charge in [0, 0.05) is 19.6 Å². The number of guanidine groups is 1. The van der Waals surface area contributed by atoms with E-state index >= 15 is 0 Å². The molecule has 7 nitrogen and oxygen atoms in total. The number of aliphatic imine (C=N–C) groups is 1. The van der Waals surface area contributed by atoms with E-state index in [1.165, 1.54) is 25.7 Å². The van der Waals surface area contributed by atoms with Gasteiger partial charge in [0.2, 0.25) is 0 Å². The highest BCUT2D eigenvalue weighted by atomic mass is 127. The second-order valence-corrected chi connectivity index (χ2v) is 7.59. The smallest absolute Gasteiger partial charge is 0.192 e. The summed E-state index contributed by atoms with van der Waals surface area (Å²) >= 11 is 0. The summed E-state index contributed by atoms with van der Waals surface area (Å²) in [6.07, 6.45) is 8.43. The van der Waals surface area contributed by atoms with Gasteiger partial charge in [-0.3, -0.25) is 0 Å². The molecule has 0 unspecified atom stereocenters. The van der Waals surface area contributed by atoms with Crippen molar-refractivity contribution < 1.29 is 5.11 Å². The van der Waals surface area contributed by atoms with Crippen molar-refractivity contribution in [2.24, 2.45) is 12.0 Å². The van der Waals surface area contributed by atoms with Crippen molar-refractivity contribution in [1.29, 1.82) is 0 Å². The lowest BCUT2D eigenvalue weighted by molar-refractivity contribution is 0.0257. The van der Waals surface area contributed by atoms with Crippen LogP contribution in [-0.2, 0) is 13.6 Å². The number of nitrogens with zero attached hydrogens (tertiary/aromatic N) is 4. The third-order valence-electron chi connectivity index (χ3n) is 5.27. The Bertz CT molecular complexity index is 577. The van der Waals surface area contributed by atoms with Crippen LogP contribution < -0.4 is 10.6 Å². The predicted molar refractivity (Wildman–Crippen MR) is 120 cm³/mol. The van der Waals surface area contributed by atoms with Gasteiger partial charge in [-0.15, -0.1) is 34.2 Å². The minimum absolute atomic E-state index is 0. The maximum atomic E-state index is 10.9. The summed E-state index contributed by atoms with van der Waals surface area (Å²) in [5.41, 5.74) is -0.678. The van der Waals surface area contributed by atoms with Crippen molar-refractivity contribution in [2.75, 3.05) is 6.54 Å². The van der Waals surface area contributed by atoms with Gasteiger partial charge in [0.15, 0.2) is 11.8 Å². The van der Waals surface area contributed by atoms with E-state index in [1.54, 1.807) is 0 Å². The van der Waals surface area contributed by atoms with E-state index in [4.69, 9.17) is 4.99 Å². The second kappa shape index (κ2) is 11.8. The molecule has 1 aliphatic carbocycles. The van der Waals surface area contributed by atoms with Crippen molar-refractivity contribution in [1.82, 2.24) is 25.4 Å². The first-order chi connectivity index (χ1) is 12.5. The molecule has 27 heavy (non-hydrogen) atoms. The highest BCUT2D eigenvalue weighted by molar-refractivity contribution is 14.0. The maximum Gasteiger partial charge on any atom is 0.192 e. The zero-order chi connectivity index (χ0) is 19.0. The first-order valence-corrected chi connectivity index (χ1v) is 10.1. The predicted octanol–water partition coefficient (Wildman–Crippen LogP) is 3.05. The van der Waals surface area contributed by atoms with Gasteiger partial charge in [-0.1, -0.05) is 39.5 Å². The average Bonchev–Trinajstić information content (AvgIpc) is 3.22. The summed E-state index contributed by atoms with van der Waals surface area (Å²) in [4.78, 5) is 4.71. The molecule has 1 aromatic heterocycles. The molecule has 0 radical (unpaired) electrons. The van der Waals surface area contributed by atoms with E-state index in [9.17, 15) is 5.11 Å². The Labute approximate surface area is 180 Å². The van der Waals surface area contributed by atoms with Crippen LogP contribution >= 0.6 is 24.0 Å². The van der Waals surface area contributed by atoms with Crippen LogP contribution in [0.15, 0.2) is 4.99 Å². The van der Waals surface area contributed by atoms with E-state index in [0.29, 0.717) is 19.1 Å². The Morgan fingerprint density at radius 1 is 1.22 bits per heavy atom. The fraction of sp³-hybridized carbons (Fsp3) is 0.842. The van der Waals surface area contributed by atoms with Crippen molar-refractivity contribution in [3.05, 3.63) is 11.6 Å². The molecule has 2 rings (SSSR count). The molecule has 0 spiro atoms. The molecular formula is C19H37IN6O. The van der Waals surface area contributed by atoms with Crippen molar-refractivity contribution in [2.45, 2.75) is 90.3 Å². The molecule has 0 aliphatic heterocycles. The Balaban J connectivity index is 0.00000364. The quantitative estimate of drug-likeness (QED) is 0.280. The second-order valence-electron chi connectivity index (χ2n) is 7.59. The third kappa shape index (κ3) is 7.56. The van der Waals surface area contributed by atoms with E-state index in [2.05, 4.69) is 34.7 Å². The lowest BCUT2D eigenvalue weighted by Gasteiger charge is -2.29. The fourth-order valence-corrected chi connectivity index (χ4v) is 3.64. The molecule has 8 heteroatoms. The monoisotopic (exact) mass is 492 g/mol. The number of hydrogen-bond donors (Lipinski definition) is 3. The van der Waals surface area contributed by atoms with Crippen LogP contribution in [0.4, 0.5) is 0 Å². The van der Waals surface area contributed by atoms with E-state index < -0.39 is 5.60 Å². The first-order valence-electron chi connectivity index (χ1n) is 10.1. The fourth-order valence-electron chi connectivity index (χ4n) is 3.64. The molecule has 0 aromatic carbocycles. The van der Waals surface area contributed by atoms with Crippen LogP contribution in [0, 0.1) is 6.92 Å². The Morgan fingerprint density at radius 3 is 2.37 bits per heavy atom. The number of aliphatic hydroxyl groups is 1. The van der Waals surface area contributed by atoms with Gasteiger partial charge in [-0.25, -0.2) is 4.99 Å². The maximum absolute atomic E-state index is 10.9. The summed E-state index contributed by atoms with van der Waals surface area (Å²) in [6.45, 7) is 7.15. The summed E-state index contributed by atoms with van der Waals surface area (Å²) < 4.78 is 1.96. The number of hydrogen-bond acceptors (Lipinski definition) is 4. The van der Waals surface area contributed by atoms with Gasteiger partial charge in [-0.05, 0) is 32.6 Å². The van der Waals surface area contributed by atoms with Crippen LogP contribution in [0.1, 0.15) is 76.9 Å². The minimum Gasteiger partial charge on any atom is -0.388 e. The van der Waals surface area contributed by atoms with Gasteiger partial charge >= 0.3 is 0 Å². The molecule has 0 bridgehead atoms. The van der Waals surface area contributed by atoms with E-state index in [-0.39, 0.29) is 24.0 Å². The molecule has 0 amide bonds. The molecular weight excluding hydrogens is 455 g/mol. The van der Waals surface area contributed by atoms with Crippen LogP contribution in [0.25, 0.3) is 0 Å². The zero-order valence-corrected chi connectivity index (χ0v) is 19.6. The van der Waals surface area contributed by atoms with Crippen LogP contribution in [0.3, 0.4) is 0 Å². The normalized spacial score (nSPS) is 15.7. The summed E-state index contributed by atoms with van der Waals surface area (Å²) in [7, 11) is 1.96. The number of nitrogens with one attached hydrogen (secondary N) is 2. The zero-order valence-electron chi connectivity index (χ0n) is 17.3. The standard InChI is InChI=1S/C19H36N6O.HI/c1-5-11-19(26,12-6-2)14-21-18(22-16-9-7-8-10-16)20-13-17-24-23-15(3)25(17)4;/h16,26H,5-14H2,1-4H3,(H2,20,21,22);1H. The van der Waals surface area contributed by atoms with Gasteiger partial charge in [0.1, 0.15) is 12.4 Å². The van der Waals surface area contributed by atoms with Crippen molar-refractivity contribution in [3.63, 3.8) is 0 Å². The molecule has 3 N–H and O–H groups in total. The molecule has 1 aromatic rings. The van der Waals surface area contributed by atoms with Gasteiger partial charge in [-0.2, -0.15) is 0 Å². The minimum atomic E-state index is -0.678. The Kier molecular flexibility index (Phi) is 10.6. The molecule has 1 fully saturated rings. The molecule has 156 valence electrons. The highest BCUT2D eigenvalue weighted by Crippen LogP contribution is 2.19.